The zero-order valence-corrected chi connectivity index (χ0v) is 10.3. The Bertz CT molecular complexity index is 227. The third-order valence-electron chi connectivity index (χ3n) is 3.05. The maximum absolute atomic E-state index is 11.9. The summed E-state index contributed by atoms with van der Waals surface area (Å²) in [6, 6.07) is 0. The molecule has 0 bridgehead atoms. The molecule has 5 nitrogen and oxygen atoms in total. The lowest BCUT2D eigenvalue weighted by molar-refractivity contribution is -0.127. The molecule has 5 heteroatoms. The predicted molar refractivity (Wildman–Crippen MR) is 61.3 cm³/mol. The summed E-state index contributed by atoms with van der Waals surface area (Å²) >= 11 is 0. The highest BCUT2D eigenvalue weighted by Crippen LogP contribution is 2.18. The highest BCUT2D eigenvalue weighted by Gasteiger charge is 2.35. The Labute approximate surface area is 96.9 Å². The third-order valence-corrected chi connectivity index (χ3v) is 3.05. The minimum Gasteiger partial charge on any atom is -0.382 e. The van der Waals surface area contributed by atoms with Crippen molar-refractivity contribution in [1.29, 1.82) is 0 Å². The van der Waals surface area contributed by atoms with Crippen molar-refractivity contribution in [2.75, 3.05) is 33.9 Å². The number of amides is 1. The first kappa shape index (κ1) is 13.4. The Morgan fingerprint density at radius 2 is 2.31 bits per heavy atom. The lowest BCUT2D eigenvalue weighted by atomic mass is 9.99. The summed E-state index contributed by atoms with van der Waals surface area (Å²) in [5.74, 6) is 0.0446. The molecule has 16 heavy (non-hydrogen) atoms. The molecule has 0 aromatic carbocycles. The van der Waals surface area contributed by atoms with E-state index in [-0.39, 0.29) is 12.0 Å². The molecule has 2 N–H and O–H groups in total. The summed E-state index contributed by atoms with van der Waals surface area (Å²) in [5.41, 5.74) is -0.411. The van der Waals surface area contributed by atoms with Crippen LogP contribution < -0.4 is 10.6 Å². The standard InChI is InChI=1S/C11H22N2O3/c1-11(5-4-6-13-11)10(14)12-7-9(16-3)8-15-2/h9,13H,4-8H2,1-3H3,(H,12,14). The normalized spacial score (nSPS) is 26.7. The van der Waals surface area contributed by atoms with Gasteiger partial charge in [-0.2, -0.15) is 0 Å². The zero-order chi connectivity index (χ0) is 12.0. The molecule has 0 spiro atoms. The van der Waals surface area contributed by atoms with E-state index in [1.54, 1.807) is 14.2 Å². The molecule has 0 saturated carbocycles. The molecule has 1 fully saturated rings. The summed E-state index contributed by atoms with van der Waals surface area (Å²) in [4.78, 5) is 11.9. The van der Waals surface area contributed by atoms with Gasteiger partial charge in [0.15, 0.2) is 0 Å². The van der Waals surface area contributed by atoms with E-state index in [9.17, 15) is 4.79 Å². The molecule has 1 heterocycles. The van der Waals surface area contributed by atoms with E-state index in [1.165, 1.54) is 0 Å². The predicted octanol–water partition coefficient (Wildman–Crippen LogP) is -0.0939. The fraction of sp³-hybridized carbons (Fsp3) is 0.909. The number of ether oxygens (including phenoxy) is 2. The number of nitrogens with one attached hydrogen (secondary N) is 2. The second-order valence-corrected chi connectivity index (χ2v) is 4.39. The molecule has 1 saturated heterocycles. The molecule has 1 aliphatic rings. The minimum atomic E-state index is -0.411. The molecular weight excluding hydrogens is 208 g/mol. The number of hydrogen-bond donors (Lipinski definition) is 2. The maximum atomic E-state index is 11.9. The summed E-state index contributed by atoms with van der Waals surface area (Å²) in [5, 5.41) is 6.12. The highest BCUT2D eigenvalue weighted by atomic mass is 16.5. The van der Waals surface area contributed by atoms with Crippen LogP contribution in [0.3, 0.4) is 0 Å². The van der Waals surface area contributed by atoms with Crippen LogP contribution in [-0.2, 0) is 14.3 Å². The Hall–Kier alpha value is -0.650. The van der Waals surface area contributed by atoms with Crippen LogP contribution in [0, 0.1) is 0 Å². The number of carbonyl (C=O) groups is 1. The summed E-state index contributed by atoms with van der Waals surface area (Å²) in [7, 11) is 3.24. The minimum absolute atomic E-state index is 0.0446. The van der Waals surface area contributed by atoms with Crippen molar-refractivity contribution >= 4 is 5.91 Å². The van der Waals surface area contributed by atoms with E-state index in [0.717, 1.165) is 19.4 Å². The molecular formula is C11H22N2O3. The van der Waals surface area contributed by atoms with Crippen LogP contribution in [0.2, 0.25) is 0 Å². The van der Waals surface area contributed by atoms with Crippen molar-refractivity contribution in [3.8, 4) is 0 Å². The van der Waals surface area contributed by atoms with E-state index in [4.69, 9.17) is 9.47 Å². The molecule has 0 aromatic heterocycles. The Morgan fingerprint density at radius 3 is 2.81 bits per heavy atom. The molecule has 94 valence electrons. The molecule has 2 unspecified atom stereocenters. The smallest absolute Gasteiger partial charge is 0.240 e. The monoisotopic (exact) mass is 230 g/mol. The van der Waals surface area contributed by atoms with Gasteiger partial charge in [-0.3, -0.25) is 4.79 Å². The van der Waals surface area contributed by atoms with Crippen LogP contribution in [0.1, 0.15) is 19.8 Å². The second-order valence-electron chi connectivity index (χ2n) is 4.39. The maximum Gasteiger partial charge on any atom is 0.240 e. The van der Waals surface area contributed by atoms with Gasteiger partial charge in [0.05, 0.1) is 18.2 Å². The van der Waals surface area contributed by atoms with Gasteiger partial charge < -0.3 is 20.1 Å². The fourth-order valence-corrected chi connectivity index (χ4v) is 1.89. The summed E-state index contributed by atoms with van der Waals surface area (Å²) in [6.45, 7) is 3.82. The fourth-order valence-electron chi connectivity index (χ4n) is 1.89. The van der Waals surface area contributed by atoms with Gasteiger partial charge in [-0.1, -0.05) is 0 Å². The Kier molecular flexibility index (Phi) is 5.18. The van der Waals surface area contributed by atoms with Crippen molar-refractivity contribution in [3.63, 3.8) is 0 Å². The average molecular weight is 230 g/mol. The quantitative estimate of drug-likeness (QED) is 0.669. The first-order valence-electron chi connectivity index (χ1n) is 5.67. The number of hydrogen-bond acceptors (Lipinski definition) is 4. The topological polar surface area (TPSA) is 59.6 Å². The third kappa shape index (κ3) is 3.43. The van der Waals surface area contributed by atoms with Crippen molar-refractivity contribution in [3.05, 3.63) is 0 Å². The van der Waals surface area contributed by atoms with Gasteiger partial charge in [-0.05, 0) is 26.3 Å². The van der Waals surface area contributed by atoms with Gasteiger partial charge in [0, 0.05) is 20.8 Å². The first-order chi connectivity index (χ1) is 7.62. The highest BCUT2D eigenvalue weighted by molar-refractivity contribution is 5.86. The summed E-state index contributed by atoms with van der Waals surface area (Å²) < 4.78 is 10.2. The SMILES string of the molecule is COCC(CNC(=O)C1(C)CCCN1)OC. The van der Waals surface area contributed by atoms with Crippen molar-refractivity contribution in [2.45, 2.75) is 31.4 Å². The zero-order valence-electron chi connectivity index (χ0n) is 10.3. The van der Waals surface area contributed by atoms with Gasteiger partial charge in [-0.25, -0.2) is 0 Å². The van der Waals surface area contributed by atoms with E-state index < -0.39 is 5.54 Å². The van der Waals surface area contributed by atoms with Crippen LogP contribution in [0.5, 0.6) is 0 Å². The molecule has 0 aromatic rings. The molecule has 1 rings (SSSR count). The number of methoxy groups -OCH3 is 2. The van der Waals surface area contributed by atoms with Crippen molar-refractivity contribution < 1.29 is 14.3 Å². The van der Waals surface area contributed by atoms with E-state index in [2.05, 4.69) is 10.6 Å². The largest absolute Gasteiger partial charge is 0.382 e. The van der Waals surface area contributed by atoms with Gasteiger partial charge in [0.1, 0.15) is 0 Å². The molecule has 0 radical (unpaired) electrons. The lowest BCUT2D eigenvalue weighted by Crippen LogP contribution is -2.52. The molecule has 1 amide bonds. The first-order valence-corrected chi connectivity index (χ1v) is 5.67. The van der Waals surface area contributed by atoms with Crippen LogP contribution in [0.25, 0.3) is 0 Å². The van der Waals surface area contributed by atoms with Gasteiger partial charge >= 0.3 is 0 Å². The number of rotatable bonds is 6. The Balaban J connectivity index is 2.33. The van der Waals surface area contributed by atoms with E-state index in [0.29, 0.717) is 13.2 Å². The van der Waals surface area contributed by atoms with Gasteiger partial charge in [-0.15, -0.1) is 0 Å². The van der Waals surface area contributed by atoms with Gasteiger partial charge in [0.2, 0.25) is 5.91 Å². The molecule has 0 aliphatic carbocycles. The second kappa shape index (κ2) is 6.18. The van der Waals surface area contributed by atoms with Crippen LogP contribution >= 0.6 is 0 Å². The van der Waals surface area contributed by atoms with E-state index >= 15 is 0 Å². The number of carbonyl (C=O) groups excluding carboxylic acids is 1. The van der Waals surface area contributed by atoms with Crippen LogP contribution in [-0.4, -0.2) is 51.5 Å². The van der Waals surface area contributed by atoms with Crippen molar-refractivity contribution in [1.82, 2.24) is 10.6 Å². The summed E-state index contributed by atoms with van der Waals surface area (Å²) in [6.07, 6.45) is 1.86. The molecule has 1 aliphatic heterocycles. The lowest BCUT2D eigenvalue weighted by Gasteiger charge is -2.24. The van der Waals surface area contributed by atoms with Gasteiger partial charge in [0.25, 0.3) is 0 Å². The van der Waals surface area contributed by atoms with Crippen LogP contribution in [0.4, 0.5) is 0 Å². The molecule has 2 atom stereocenters. The van der Waals surface area contributed by atoms with Crippen LogP contribution in [0.15, 0.2) is 0 Å². The average Bonchev–Trinajstić information content (AvgIpc) is 2.72. The van der Waals surface area contributed by atoms with Crippen molar-refractivity contribution in [2.24, 2.45) is 0 Å². The van der Waals surface area contributed by atoms with E-state index in [1.807, 2.05) is 6.92 Å². The Morgan fingerprint density at radius 1 is 1.56 bits per heavy atom.